The Morgan fingerprint density at radius 3 is 2.44 bits per heavy atom. The van der Waals surface area contributed by atoms with Gasteiger partial charge in [-0.15, -0.1) is 0 Å². The van der Waals surface area contributed by atoms with Crippen molar-refractivity contribution in [3.8, 4) is 0 Å². The van der Waals surface area contributed by atoms with E-state index in [9.17, 15) is 8.42 Å². The number of guanidine groups is 1. The second kappa shape index (κ2) is 5.88. The predicted octanol–water partition coefficient (Wildman–Crippen LogP) is 0.0317. The molecule has 0 spiro atoms. The highest BCUT2D eigenvalue weighted by atomic mass is 32.2. The summed E-state index contributed by atoms with van der Waals surface area (Å²) in [5, 5.41) is 6.44. The van der Waals surface area contributed by atoms with Crippen LogP contribution in [0.5, 0.6) is 0 Å². The van der Waals surface area contributed by atoms with E-state index in [1.165, 1.54) is 12.8 Å². The summed E-state index contributed by atoms with van der Waals surface area (Å²) in [4.78, 5) is 4.42. The van der Waals surface area contributed by atoms with Gasteiger partial charge in [0.2, 0.25) is 10.0 Å². The summed E-state index contributed by atoms with van der Waals surface area (Å²) in [7, 11) is -3.21. The Hall–Kier alpha value is -0.820. The fourth-order valence-electron chi connectivity index (χ4n) is 1.55. The van der Waals surface area contributed by atoms with Crippen molar-refractivity contribution in [3.05, 3.63) is 0 Å². The molecule has 0 unspecified atom stereocenters. The van der Waals surface area contributed by atoms with E-state index < -0.39 is 15.6 Å². The summed E-state index contributed by atoms with van der Waals surface area (Å²) in [6.07, 6.45) is 3.51. The van der Waals surface area contributed by atoms with Crippen molar-refractivity contribution in [1.82, 2.24) is 15.4 Å². The van der Waals surface area contributed by atoms with E-state index in [0.717, 1.165) is 18.8 Å². The van der Waals surface area contributed by atoms with Crippen LogP contribution in [-0.4, -0.2) is 45.3 Å². The second-order valence-corrected chi connectivity index (χ2v) is 7.12. The molecule has 106 valence electrons. The highest BCUT2D eigenvalue weighted by molar-refractivity contribution is 7.88. The molecule has 0 aromatic carbocycles. The molecule has 6 nitrogen and oxygen atoms in total. The first-order valence-corrected chi connectivity index (χ1v) is 8.15. The minimum Gasteiger partial charge on any atom is -0.357 e. The van der Waals surface area contributed by atoms with Crippen LogP contribution in [0.25, 0.3) is 0 Å². The van der Waals surface area contributed by atoms with Crippen LogP contribution < -0.4 is 15.4 Å². The van der Waals surface area contributed by atoms with E-state index >= 15 is 0 Å². The van der Waals surface area contributed by atoms with Gasteiger partial charge in [0.05, 0.1) is 12.8 Å². The van der Waals surface area contributed by atoms with Crippen molar-refractivity contribution >= 4 is 16.0 Å². The number of nitrogens with one attached hydrogen (secondary N) is 3. The molecule has 1 saturated carbocycles. The minimum atomic E-state index is -3.21. The molecule has 0 amide bonds. The lowest BCUT2D eigenvalue weighted by Crippen LogP contribution is -2.47. The Balaban J connectivity index is 2.56. The molecule has 0 heterocycles. The van der Waals surface area contributed by atoms with Crippen LogP contribution in [0.3, 0.4) is 0 Å². The molecule has 1 rings (SSSR count). The Bertz CT molecular complexity index is 399. The van der Waals surface area contributed by atoms with Crippen LogP contribution in [0.2, 0.25) is 0 Å². The maximum Gasteiger partial charge on any atom is 0.209 e. The van der Waals surface area contributed by atoms with Crippen LogP contribution in [0.1, 0.15) is 33.6 Å². The smallest absolute Gasteiger partial charge is 0.209 e. The van der Waals surface area contributed by atoms with Crippen LogP contribution >= 0.6 is 0 Å². The van der Waals surface area contributed by atoms with E-state index in [0.29, 0.717) is 12.6 Å². The van der Waals surface area contributed by atoms with Crippen LogP contribution in [0.4, 0.5) is 0 Å². The van der Waals surface area contributed by atoms with Crippen LogP contribution in [0, 0.1) is 0 Å². The fourth-order valence-corrected chi connectivity index (χ4v) is 2.62. The maximum atomic E-state index is 11.2. The van der Waals surface area contributed by atoms with Gasteiger partial charge in [0.1, 0.15) is 0 Å². The standard InChI is InChI=1S/C11H24N4O2S/c1-5-12-10(14-9-6-7-9)13-8-11(2,3)15-18(4,16)17/h9,15H,5-8H2,1-4H3,(H2,12,13,14). The molecular weight excluding hydrogens is 252 g/mol. The molecule has 0 aliphatic heterocycles. The van der Waals surface area contributed by atoms with Gasteiger partial charge >= 0.3 is 0 Å². The molecule has 0 aromatic rings. The van der Waals surface area contributed by atoms with Gasteiger partial charge in [-0.2, -0.15) is 0 Å². The number of hydrogen-bond donors (Lipinski definition) is 3. The number of rotatable bonds is 6. The van der Waals surface area contributed by atoms with Gasteiger partial charge in [-0.05, 0) is 33.6 Å². The SMILES string of the molecule is CCNC(=NCC(C)(C)NS(C)(=O)=O)NC1CC1. The molecule has 1 fully saturated rings. The van der Waals surface area contributed by atoms with Gasteiger partial charge in [0.15, 0.2) is 5.96 Å². The van der Waals surface area contributed by atoms with E-state index in [1.54, 1.807) is 0 Å². The molecular formula is C11H24N4O2S. The Kier molecular flexibility index (Phi) is 4.98. The lowest BCUT2D eigenvalue weighted by atomic mass is 10.1. The molecule has 18 heavy (non-hydrogen) atoms. The normalized spacial score (nSPS) is 17.7. The molecule has 0 saturated heterocycles. The third kappa shape index (κ3) is 6.80. The molecule has 3 N–H and O–H groups in total. The van der Waals surface area contributed by atoms with E-state index in [1.807, 2.05) is 20.8 Å². The van der Waals surface area contributed by atoms with Crippen molar-refractivity contribution < 1.29 is 8.42 Å². The van der Waals surface area contributed by atoms with Gasteiger partial charge in [0, 0.05) is 18.1 Å². The van der Waals surface area contributed by atoms with Crippen molar-refractivity contribution in [3.63, 3.8) is 0 Å². The van der Waals surface area contributed by atoms with Crippen molar-refractivity contribution in [2.24, 2.45) is 4.99 Å². The summed E-state index contributed by atoms with van der Waals surface area (Å²) in [5.41, 5.74) is -0.584. The first-order chi connectivity index (χ1) is 8.22. The maximum absolute atomic E-state index is 11.2. The summed E-state index contributed by atoms with van der Waals surface area (Å²) in [6.45, 7) is 6.82. The summed E-state index contributed by atoms with van der Waals surface area (Å²) < 4.78 is 25.0. The van der Waals surface area contributed by atoms with Crippen molar-refractivity contribution in [2.75, 3.05) is 19.3 Å². The van der Waals surface area contributed by atoms with Crippen LogP contribution in [0.15, 0.2) is 4.99 Å². The number of sulfonamides is 1. The quantitative estimate of drug-likeness (QED) is 0.472. The van der Waals surface area contributed by atoms with E-state index in [-0.39, 0.29) is 0 Å². The van der Waals surface area contributed by atoms with Gasteiger partial charge in [0.25, 0.3) is 0 Å². The first kappa shape index (κ1) is 15.2. The molecule has 0 atom stereocenters. The Labute approximate surface area is 110 Å². The third-order valence-electron chi connectivity index (χ3n) is 2.36. The Morgan fingerprint density at radius 2 is 2.00 bits per heavy atom. The lowest BCUT2D eigenvalue weighted by molar-refractivity contribution is 0.464. The average molecular weight is 276 g/mol. The minimum absolute atomic E-state index is 0.391. The van der Waals surface area contributed by atoms with Gasteiger partial charge in [-0.3, -0.25) is 4.99 Å². The molecule has 0 bridgehead atoms. The predicted molar refractivity (Wildman–Crippen MR) is 74.2 cm³/mol. The van der Waals surface area contributed by atoms with Crippen molar-refractivity contribution in [2.45, 2.75) is 45.2 Å². The zero-order valence-electron chi connectivity index (χ0n) is 11.6. The van der Waals surface area contributed by atoms with Gasteiger partial charge in [-0.1, -0.05) is 0 Å². The van der Waals surface area contributed by atoms with E-state index in [4.69, 9.17) is 0 Å². The van der Waals surface area contributed by atoms with Gasteiger partial charge in [-0.25, -0.2) is 13.1 Å². The van der Waals surface area contributed by atoms with E-state index in [2.05, 4.69) is 20.3 Å². The highest BCUT2D eigenvalue weighted by Gasteiger charge is 2.24. The van der Waals surface area contributed by atoms with Crippen molar-refractivity contribution in [1.29, 1.82) is 0 Å². The molecule has 7 heteroatoms. The highest BCUT2D eigenvalue weighted by Crippen LogP contribution is 2.18. The topological polar surface area (TPSA) is 82.6 Å². The third-order valence-corrected chi connectivity index (χ3v) is 3.28. The Morgan fingerprint density at radius 1 is 1.39 bits per heavy atom. The molecule has 1 aliphatic rings. The lowest BCUT2D eigenvalue weighted by Gasteiger charge is -2.23. The number of hydrogen-bond acceptors (Lipinski definition) is 3. The molecule has 1 aliphatic carbocycles. The summed E-state index contributed by atoms with van der Waals surface area (Å²) in [5.74, 6) is 0.753. The summed E-state index contributed by atoms with van der Waals surface area (Å²) in [6, 6.07) is 0.522. The monoisotopic (exact) mass is 276 g/mol. The van der Waals surface area contributed by atoms with Gasteiger partial charge < -0.3 is 10.6 Å². The average Bonchev–Trinajstić information content (AvgIpc) is 2.95. The fraction of sp³-hybridized carbons (Fsp3) is 0.909. The van der Waals surface area contributed by atoms with Crippen LogP contribution in [-0.2, 0) is 10.0 Å². The molecule has 0 radical (unpaired) electrons. The summed E-state index contributed by atoms with van der Waals surface area (Å²) >= 11 is 0. The largest absolute Gasteiger partial charge is 0.357 e. The number of nitrogens with zero attached hydrogens (tertiary/aromatic N) is 1. The number of aliphatic imine (C=N–C) groups is 1. The first-order valence-electron chi connectivity index (χ1n) is 6.25. The second-order valence-electron chi connectivity index (χ2n) is 5.37. The zero-order valence-corrected chi connectivity index (χ0v) is 12.4. The molecule has 0 aromatic heterocycles. The zero-order chi connectivity index (χ0) is 13.8.